The highest BCUT2D eigenvalue weighted by Gasteiger charge is 2.53. The van der Waals surface area contributed by atoms with Gasteiger partial charge in [-0.1, -0.05) is 245 Å². The third-order valence-corrected chi connectivity index (χ3v) is 17.8. The molecule has 0 bridgehead atoms. The van der Waals surface area contributed by atoms with E-state index in [-0.39, 0.29) is 12.3 Å². The van der Waals surface area contributed by atoms with E-state index >= 15 is 0 Å². The normalized spacial score (nSPS) is 27.7. The number of allylic oxidation sites excluding steroid dienone is 17. The summed E-state index contributed by atoms with van der Waals surface area (Å²) in [6, 6.07) is -1.03. The molecule has 19 heteroatoms. The Kier molecular flexibility index (Phi) is 51.6. The van der Waals surface area contributed by atoms with Gasteiger partial charge < -0.3 is 89.9 Å². The lowest BCUT2D eigenvalue weighted by Crippen LogP contribution is -2.66. The number of ether oxygens (including phenoxy) is 6. The highest BCUT2D eigenvalue weighted by atomic mass is 16.8. The summed E-state index contributed by atoms with van der Waals surface area (Å²) in [6.45, 7) is 1.56. The molecule has 96 heavy (non-hydrogen) atoms. The molecule has 3 aliphatic rings. The number of hydrogen-bond donors (Lipinski definition) is 12. The molecule has 3 aliphatic heterocycles. The van der Waals surface area contributed by atoms with E-state index in [9.17, 15) is 61.0 Å². The molecule has 0 spiro atoms. The van der Waals surface area contributed by atoms with Gasteiger partial charge in [0.15, 0.2) is 18.9 Å². The fraction of sp³-hybridized carbons (Fsp3) is 0.753. The molecule has 3 rings (SSSR count). The molecule has 19 nitrogen and oxygen atoms in total. The number of amides is 1. The number of aliphatic hydroxyl groups excluding tert-OH is 11. The van der Waals surface area contributed by atoms with Crippen molar-refractivity contribution in [3.63, 3.8) is 0 Å². The van der Waals surface area contributed by atoms with Crippen LogP contribution in [-0.2, 0) is 33.2 Å². The van der Waals surface area contributed by atoms with Gasteiger partial charge in [-0.05, 0) is 96.3 Å². The molecule has 12 N–H and O–H groups in total. The molecule has 0 radical (unpaired) electrons. The monoisotopic (exact) mass is 1360 g/mol. The van der Waals surface area contributed by atoms with Crippen LogP contribution in [0, 0.1) is 0 Å². The zero-order chi connectivity index (χ0) is 69.6. The van der Waals surface area contributed by atoms with Crippen molar-refractivity contribution in [2.75, 3.05) is 26.4 Å². The predicted octanol–water partition coefficient (Wildman–Crippen LogP) is 11.0. The maximum Gasteiger partial charge on any atom is 0.220 e. The fourth-order valence-electron chi connectivity index (χ4n) is 11.8. The second-order valence-corrected chi connectivity index (χ2v) is 26.0. The predicted molar refractivity (Wildman–Crippen MR) is 378 cm³/mol. The summed E-state index contributed by atoms with van der Waals surface area (Å²) in [4.78, 5) is 13.4. The van der Waals surface area contributed by atoms with Gasteiger partial charge in [-0.3, -0.25) is 4.79 Å². The second-order valence-electron chi connectivity index (χ2n) is 26.0. The molecule has 0 aromatic rings. The highest BCUT2D eigenvalue weighted by molar-refractivity contribution is 5.76. The number of unbranched alkanes of at least 4 members (excludes halogenated alkanes) is 24. The Hall–Kier alpha value is -3.55. The van der Waals surface area contributed by atoms with Gasteiger partial charge in [0.2, 0.25) is 5.91 Å². The Bertz CT molecular complexity index is 2160. The first-order valence-corrected chi connectivity index (χ1v) is 37.1. The Balaban J connectivity index is 1.44. The van der Waals surface area contributed by atoms with Crippen LogP contribution in [0.4, 0.5) is 0 Å². The van der Waals surface area contributed by atoms with Crippen molar-refractivity contribution in [3.05, 3.63) is 109 Å². The molecule has 0 aliphatic carbocycles. The van der Waals surface area contributed by atoms with Gasteiger partial charge in [-0.25, -0.2) is 0 Å². The minimum absolute atomic E-state index is 0.170. The average Bonchev–Trinajstić information content (AvgIpc) is 0.785. The molecule has 3 heterocycles. The standard InChI is InChI=1S/C77H131NO18/c1-3-5-7-9-11-13-15-17-19-21-23-25-26-27-28-29-30-31-32-33-35-36-38-40-42-44-46-48-50-52-54-61(82)60(78-65(83)55-53-51-49-47-45-43-41-39-37-34-24-22-20-18-16-14-12-10-8-6-4-2)59-91-75-71(89)68(86)73(63(57-80)93-75)96-77-72(90)69(87)74(64(58-81)94-77)95-76-70(88)67(85)66(84)62(56-79)92-76/h6,8,12,14,18,20,24,34,36,38-39,41,44-47,52,54,60-64,66-77,79-82,84-90H,3-5,7,9-11,13,15-17,19,21-23,25-33,35,37,40,42-43,48-51,53,55-59H2,1-2H3,(H,78,83)/b8-6-,14-12-,20-18-,34-24-,38-36+,41-39-,46-44+,47-45-,54-52+. The van der Waals surface area contributed by atoms with E-state index in [0.29, 0.717) is 12.8 Å². The third kappa shape index (κ3) is 37.8. The Morgan fingerprint density at radius 1 is 0.385 bits per heavy atom. The summed E-state index contributed by atoms with van der Waals surface area (Å²) in [5.74, 6) is -0.335. The molecule has 1 amide bonds. The molecule has 0 aromatic heterocycles. The molecule has 0 aromatic carbocycles. The molecule has 3 fully saturated rings. The Morgan fingerprint density at radius 3 is 1.17 bits per heavy atom. The van der Waals surface area contributed by atoms with E-state index < -0.39 is 131 Å². The van der Waals surface area contributed by atoms with Crippen LogP contribution in [0.3, 0.4) is 0 Å². The first kappa shape index (κ1) is 86.7. The summed E-state index contributed by atoms with van der Waals surface area (Å²) < 4.78 is 34.3. The van der Waals surface area contributed by atoms with Gasteiger partial charge in [0.1, 0.15) is 73.2 Å². The quantitative estimate of drug-likeness (QED) is 0.0199. The van der Waals surface area contributed by atoms with Gasteiger partial charge >= 0.3 is 0 Å². The van der Waals surface area contributed by atoms with Crippen LogP contribution in [0.5, 0.6) is 0 Å². The number of aliphatic hydroxyl groups is 11. The molecular formula is C77H131NO18. The molecule has 552 valence electrons. The van der Waals surface area contributed by atoms with E-state index in [4.69, 9.17) is 28.4 Å². The SMILES string of the molecule is CC/C=C\C/C=C\C/C=C\C/C=C\C/C=C\C/C=C\CCCCC(=O)NC(COC1OC(CO)C(OC2OC(CO)C(OC3OC(CO)C(O)C(O)C3O)C(O)C2O)C(O)C1O)C(O)/C=C/CC/C=C/CC/C=C/CCCCCCCCCCCCCCCCCCCCCC. The van der Waals surface area contributed by atoms with Crippen LogP contribution < -0.4 is 5.32 Å². The smallest absolute Gasteiger partial charge is 0.220 e. The number of carbonyl (C=O) groups excluding carboxylic acids is 1. The number of nitrogens with one attached hydrogen (secondary N) is 1. The van der Waals surface area contributed by atoms with E-state index in [1.54, 1.807) is 6.08 Å². The molecule has 0 saturated carbocycles. The summed E-state index contributed by atoms with van der Waals surface area (Å²) in [7, 11) is 0. The second kappa shape index (κ2) is 57.1. The van der Waals surface area contributed by atoms with Crippen molar-refractivity contribution in [1.82, 2.24) is 5.32 Å². The van der Waals surface area contributed by atoms with Crippen molar-refractivity contribution >= 4 is 5.91 Å². The van der Waals surface area contributed by atoms with E-state index in [1.165, 1.54) is 128 Å². The topological polar surface area (TPSA) is 307 Å². The van der Waals surface area contributed by atoms with Crippen LogP contribution in [0.25, 0.3) is 0 Å². The lowest BCUT2D eigenvalue weighted by atomic mass is 9.96. The van der Waals surface area contributed by atoms with E-state index in [0.717, 1.165) is 77.0 Å². The Labute approximate surface area is 576 Å². The highest BCUT2D eigenvalue weighted by Crippen LogP contribution is 2.33. The molecule has 3 saturated heterocycles. The zero-order valence-corrected chi connectivity index (χ0v) is 58.6. The summed E-state index contributed by atoms with van der Waals surface area (Å²) in [5.41, 5.74) is 0. The maximum atomic E-state index is 13.4. The molecule has 17 atom stereocenters. The average molecular weight is 1360 g/mol. The van der Waals surface area contributed by atoms with Gasteiger partial charge in [-0.15, -0.1) is 0 Å². The Morgan fingerprint density at radius 2 is 0.729 bits per heavy atom. The van der Waals surface area contributed by atoms with Crippen LogP contribution in [0.2, 0.25) is 0 Å². The fourth-order valence-corrected chi connectivity index (χ4v) is 11.8. The van der Waals surface area contributed by atoms with Crippen LogP contribution in [0.15, 0.2) is 109 Å². The van der Waals surface area contributed by atoms with Crippen molar-refractivity contribution in [1.29, 1.82) is 0 Å². The van der Waals surface area contributed by atoms with Crippen LogP contribution in [-0.4, -0.2) is 193 Å². The van der Waals surface area contributed by atoms with Crippen molar-refractivity contribution in [3.8, 4) is 0 Å². The van der Waals surface area contributed by atoms with Gasteiger partial charge in [0.25, 0.3) is 0 Å². The van der Waals surface area contributed by atoms with Crippen molar-refractivity contribution < 1.29 is 89.4 Å². The van der Waals surface area contributed by atoms with Crippen molar-refractivity contribution in [2.24, 2.45) is 0 Å². The number of carbonyl (C=O) groups is 1. The summed E-state index contributed by atoms with van der Waals surface area (Å²) in [6.07, 6.45) is 50.8. The lowest BCUT2D eigenvalue weighted by molar-refractivity contribution is -0.379. The van der Waals surface area contributed by atoms with Gasteiger partial charge in [0.05, 0.1) is 38.6 Å². The zero-order valence-electron chi connectivity index (χ0n) is 58.6. The third-order valence-electron chi connectivity index (χ3n) is 17.8. The number of rotatable bonds is 56. The van der Waals surface area contributed by atoms with Gasteiger partial charge in [0, 0.05) is 6.42 Å². The first-order chi connectivity index (χ1) is 46.8. The minimum atomic E-state index is -1.99. The number of hydrogen-bond acceptors (Lipinski definition) is 18. The largest absolute Gasteiger partial charge is 0.394 e. The van der Waals surface area contributed by atoms with Crippen LogP contribution in [0.1, 0.15) is 239 Å². The lowest BCUT2D eigenvalue weighted by Gasteiger charge is -2.48. The van der Waals surface area contributed by atoms with Gasteiger partial charge in [-0.2, -0.15) is 0 Å². The van der Waals surface area contributed by atoms with E-state index in [1.807, 2.05) is 6.08 Å². The van der Waals surface area contributed by atoms with Crippen molar-refractivity contribution in [2.45, 2.75) is 343 Å². The summed E-state index contributed by atoms with van der Waals surface area (Å²) in [5, 5.41) is 121. The first-order valence-electron chi connectivity index (χ1n) is 37.1. The minimum Gasteiger partial charge on any atom is -0.394 e. The molecule has 17 unspecified atom stereocenters. The maximum absolute atomic E-state index is 13.4. The van der Waals surface area contributed by atoms with E-state index in [2.05, 4.69) is 116 Å². The summed E-state index contributed by atoms with van der Waals surface area (Å²) >= 11 is 0. The molecular weight excluding hydrogens is 1230 g/mol. The van der Waals surface area contributed by atoms with Crippen LogP contribution >= 0.6 is 0 Å².